The van der Waals surface area contributed by atoms with Crippen molar-refractivity contribution >= 4 is 17.5 Å². The van der Waals surface area contributed by atoms with E-state index in [4.69, 9.17) is 11.6 Å². The van der Waals surface area contributed by atoms with Gasteiger partial charge in [0, 0.05) is 12.1 Å². The van der Waals surface area contributed by atoms with E-state index in [1.165, 1.54) is 0 Å². The Labute approximate surface area is 118 Å². The van der Waals surface area contributed by atoms with Gasteiger partial charge in [-0.15, -0.1) is 0 Å². The van der Waals surface area contributed by atoms with E-state index in [0.29, 0.717) is 6.42 Å². The molecule has 2 aromatic rings. The van der Waals surface area contributed by atoms with Gasteiger partial charge in [-0.2, -0.15) is 0 Å². The maximum absolute atomic E-state index is 11.6. The number of rotatable bonds is 3. The lowest BCUT2D eigenvalue weighted by Gasteiger charge is -2.12. The second-order valence-electron chi connectivity index (χ2n) is 4.47. The lowest BCUT2D eigenvalue weighted by Crippen LogP contribution is -2.20. The van der Waals surface area contributed by atoms with Crippen molar-refractivity contribution in [3.05, 3.63) is 58.6 Å². The van der Waals surface area contributed by atoms with Crippen LogP contribution in [0.2, 0.25) is 5.02 Å². The fraction of sp³-hybridized carbons (Fsp3) is 0.188. The third kappa shape index (κ3) is 3.15. The van der Waals surface area contributed by atoms with Crippen molar-refractivity contribution in [1.82, 2.24) is 5.32 Å². The SMILES string of the molecule is CNC(=O)Cc1ccccc1-c1ccc(Cl)cc1C. The second-order valence-corrected chi connectivity index (χ2v) is 4.90. The number of halogens is 1. The summed E-state index contributed by atoms with van der Waals surface area (Å²) in [6, 6.07) is 13.8. The van der Waals surface area contributed by atoms with Gasteiger partial charge < -0.3 is 5.32 Å². The Morgan fingerprint density at radius 2 is 1.89 bits per heavy atom. The first-order valence-corrected chi connectivity index (χ1v) is 6.54. The lowest BCUT2D eigenvalue weighted by atomic mass is 9.94. The predicted molar refractivity (Wildman–Crippen MR) is 79.4 cm³/mol. The molecule has 0 bridgehead atoms. The molecule has 0 aliphatic carbocycles. The van der Waals surface area contributed by atoms with E-state index in [-0.39, 0.29) is 5.91 Å². The van der Waals surface area contributed by atoms with Crippen molar-refractivity contribution in [2.75, 3.05) is 7.05 Å². The Bertz CT molecular complexity index is 607. The highest BCUT2D eigenvalue weighted by Gasteiger charge is 2.10. The quantitative estimate of drug-likeness (QED) is 0.909. The average molecular weight is 274 g/mol. The van der Waals surface area contributed by atoms with Crippen LogP contribution in [0.3, 0.4) is 0 Å². The zero-order valence-corrected chi connectivity index (χ0v) is 11.8. The Morgan fingerprint density at radius 3 is 2.58 bits per heavy atom. The summed E-state index contributed by atoms with van der Waals surface area (Å²) in [5, 5.41) is 3.38. The molecule has 2 aromatic carbocycles. The molecule has 2 nitrogen and oxygen atoms in total. The Morgan fingerprint density at radius 1 is 1.16 bits per heavy atom. The molecule has 3 heteroatoms. The highest BCUT2D eigenvalue weighted by atomic mass is 35.5. The number of hydrogen-bond acceptors (Lipinski definition) is 1. The van der Waals surface area contributed by atoms with Crippen molar-refractivity contribution in [2.45, 2.75) is 13.3 Å². The standard InChI is InChI=1S/C16H16ClNO/c1-11-9-13(17)7-8-14(11)15-6-4-3-5-12(15)10-16(19)18-2/h3-9H,10H2,1-2H3,(H,18,19). The highest BCUT2D eigenvalue weighted by molar-refractivity contribution is 6.30. The van der Waals surface area contributed by atoms with Gasteiger partial charge >= 0.3 is 0 Å². The third-order valence-corrected chi connectivity index (χ3v) is 3.36. The van der Waals surface area contributed by atoms with Gasteiger partial charge in [-0.05, 0) is 41.3 Å². The monoisotopic (exact) mass is 273 g/mol. The van der Waals surface area contributed by atoms with Gasteiger partial charge in [-0.3, -0.25) is 4.79 Å². The maximum atomic E-state index is 11.6. The van der Waals surface area contributed by atoms with Gasteiger partial charge in [0.25, 0.3) is 0 Å². The van der Waals surface area contributed by atoms with Gasteiger partial charge in [0.15, 0.2) is 0 Å². The van der Waals surface area contributed by atoms with Crippen LogP contribution >= 0.6 is 11.6 Å². The second kappa shape index (κ2) is 5.89. The fourth-order valence-corrected chi connectivity index (χ4v) is 2.35. The molecule has 0 heterocycles. The molecule has 0 saturated carbocycles. The lowest BCUT2D eigenvalue weighted by molar-refractivity contribution is -0.119. The van der Waals surface area contributed by atoms with Crippen LogP contribution in [0.15, 0.2) is 42.5 Å². The summed E-state index contributed by atoms with van der Waals surface area (Å²) >= 11 is 5.99. The zero-order valence-electron chi connectivity index (χ0n) is 11.0. The van der Waals surface area contributed by atoms with Gasteiger partial charge in [-0.1, -0.05) is 41.9 Å². The number of carbonyl (C=O) groups excluding carboxylic acids is 1. The van der Waals surface area contributed by atoms with Gasteiger partial charge in [0.05, 0.1) is 6.42 Å². The summed E-state index contributed by atoms with van der Waals surface area (Å²) in [5.74, 6) is 0.0130. The zero-order chi connectivity index (χ0) is 13.8. The van der Waals surface area contributed by atoms with Gasteiger partial charge in [-0.25, -0.2) is 0 Å². The predicted octanol–water partition coefficient (Wildman–Crippen LogP) is 3.60. The highest BCUT2D eigenvalue weighted by Crippen LogP contribution is 2.29. The van der Waals surface area contributed by atoms with Crippen molar-refractivity contribution in [1.29, 1.82) is 0 Å². The number of amides is 1. The molecule has 0 radical (unpaired) electrons. The van der Waals surface area contributed by atoms with Gasteiger partial charge in [0.2, 0.25) is 5.91 Å². The van der Waals surface area contributed by atoms with Crippen LogP contribution in [0, 0.1) is 6.92 Å². The molecule has 0 saturated heterocycles. The molecule has 0 unspecified atom stereocenters. The van der Waals surface area contributed by atoms with E-state index in [2.05, 4.69) is 5.32 Å². The largest absolute Gasteiger partial charge is 0.359 e. The van der Waals surface area contributed by atoms with E-state index in [1.54, 1.807) is 7.05 Å². The third-order valence-electron chi connectivity index (χ3n) is 3.13. The summed E-state index contributed by atoms with van der Waals surface area (Å²) < 4.78 is 0. The smallest absolute Gasteiger partial charge is 0.224 e. The van der Waals surface area contributed by atoms with Crippen molar-refractivity contribution in [2.24, 2.45) is 0 Å². The Hall–Kier alpha value is -1.80. The van der Waals surface area contributed by atoms with Crippen LogP contribution in [-0.4, -0.2) is 13.0 Å². The van der Waals surface area contributed by atoms with E-state index >= 15 is 0 Å². The minimum atomic E-state index is 0.0130. The molecule has 0 aliphatic heterocycles. The number of nitrogens with one attached hydrogen (secondary N) is 1. The van der Waals surface area contributed by atoms with Crippen molar-refractivity contribution in [3.63, 3.8) is 0 Å². The van der Waals surface area contributed by atoms with E-state index in [0.717, 1.165) is 27.3 Å². The summed E-state index contributed by atoms with van der Waals surface area (Å²) in [5.41, 5.74) is 4.33. The molecule has 0 fully saturated rings. The molecule has 98 valence electrons. The minimum absolute atomic E-state index is 0.0130. The van der Waals surface area contributed by atoms with E-state index in [1.807, 2.05) is 49.4 Å². The maximum Gasteiger partial charge on any atom is 0.224 e. The first-order valence-electron chi connectivity index (χ1n) is 6.17. The van der Waals surface area contributed by atoms with Crippen molar-refractivity contribution in [3.8, 4) is 11.1 Å². The molecular formula is C16H16ClNO. The summed E-state index contributed by atoms with van der Waals surface area (Å²) in [7, 11) is 1.65. The topological polar surface area (TPSA) is 29.1 Å². The first kappa shape index (κ1) is 13.6. The van der Waals surface area contributed by atoms with Crippen LogP contribution in [0.25, 0.3) is 11.1 Å². The number of likely N-dealkylation sites (N-methyl/N-ethyl adjacent to an activating group) is 1. The number of hydrogen-bond donors (Lipinski definition) is 1. The van der Waals surface area contributed by atoms with Gasteiger partial charge in [0.1, 0.15) is 0 Å². The van der Waals surface area contributed by atoms with E-state index in [9.17, 15) is 4.79 Å². The van der Waals surface area contributed by atoms with Crippen LogP contribution in [0.5, 0.6) is 0 Å². The molecule has 0 spiro atoms. The molecule has 0 aliphatic rings. The number of carbonyl (C=O) groups is 1. The van der Waals surface area contributed by atoms with Crippen LogP contribution in [0.4, 0.5) is 0 Å². The summed E-state index contributed by atoms with van der Waals surface area (Å²) in [6.45, 7) is 2.03. The molecule has 0 aromatic heterocycles. The van der Waals surface area contributed by atoms with E-state index < -0.39 is 0 Å². The molecule has 19 heavy (non-hydrogen) atoms. The molecule has 1 amide bonds. The minimum Gasteiger partial charge on any atom is -0.359 e. The number of benzene rings is 2. The summed E-state index contributed by atoms with van der Waals surface area (Å²) in [6.07, 6.45) is 0.384. The molecule has 0 atom stereocenters. The molecule has 1 N–H and O–H groups in total. The number of aryl methyl sites for hydroxylation is 1. The Balaban J connectivity index is 2.47. The normalized spacial score (nSPS) is 10.3. The molecule has 2 rings (SSSR count). The van der Waals surface area contributed by atoms with Crippen LogP contribution < -0.4 is 5.32 Å². The molecular weight excluding hydrogens is 258 g/mol. The fourth-order valence-electron chi connectivity index (χ4n) is 2.13. The average Bonchev–Trinajstić information content (AvgIpc) is 2.40. The van der Waals surface area contributed by atoms with Crippen LogP contribution in [-0.2, 0) is 11.2 Å². The van der Waals surface area contributed by atoms with Crippen LogP contribution in [0.1, 0.15) is 11.1 Å². The van der Waals surface area contributed by atoms with Crippen molar-refractivity contribution < 1.29 is 4.79 Å². The summed E-state index contributed by atoms with van der Waals surface area (Å²) in [4.78, 5) is 11.6. The Kier molecular flexibility index (Phi) is 4.23. The first-order chi connectivity index (χ1) is 9.11.